The summed E-state index contributed by atoms with van der Waals surface area (Å²) in [4.78, 5) is 29.3. The zero-order valence-electron chi connectivity index (χ0n) is 19.6. The van der Waals surface area contributed by atoms with Gasteiger partial charge >= 0.3 is 0 Å². The van der Waals surface area contributed by atoms with Gasteiger partial charge in [0.15, 0.2) is 12.3 Å². The monoisotopic (exact) mass is 468 g/mol. The van der Waals surface area contributed by atoms with Gasteiger partial charge in [0, 0.05) is 11.4 Å². The van der Waals surface area contributed by atoms with Crippen LogP contribution in [0.1, 0.15) is 41.5 Å². The number of nitrogens with zero attached hydrogens (tertiary/aromatic N) is 4. The van der Waals surface area contributed by atoms with E-state index in [4.69, 9.17) is 10.00 Å². The molecule has 0 spiro atoms. The lowest BCUT2D eigenvalue weighted by atomic mass is 10.0. The third-order valence-electron chi connectivity index (χ3n) is 5.38. The van der Waals surface area contributed by atoms with Crippen molar-refractivity contribution in [1.29, 1.82) is 5.26 Å². The van der Waals surface area contributed by atoms with Crippen LogP contribution in [0.4, 0.5) is 0 Å². The first-order valence-electron chi connectivity index (χ1n) is 11.0. The molecule has 0 radical (unpaired) electrons. The Morgan fingerprint density at radius 3 is 2.34 bits per heavy atom. The van der Waals surface area contributed by atoms with E-state index in [-0.39, 0.29) is 12.6 Å². The summed E-state index contributed by atoms with van der Waals surface area (Å²) in [6, 6.07) is 18.4. The number of pyridine rings is 1. The molecule has 0 bridgehead atoms. The zero-order chi connectivity index (χ0) is 24.9. The minimum Gasteiger partial charge on any atom is -0.484 e. The van der Waals surface area contributed by atoms with Crippen molar-refractivity contribution >= 4 is 22.8 Å². The van der Waals surface area contributed by atoms with Crippen LogP contribution in [-0.2, 0) is 4.79 Å². The molecule has 0 saturated heterocycles. The smallest absolute Gasteiger partial charge is 0.276 e. The number of aryl methyl sites for hydroxylation is 1. The summed E-state index contributed by atoms with van der Waals surface area (Å²) in [5.41, 5.74) is 8.87. The highest BCUT2D eigenvalue weighted by atomic mass is 16.5. The number of fused-ring (bicyclic) bond motifs is 1. The first-order chi connectivity index (χ1) is 16.9. The van der Waals surface area contributed by atoms with Gasteiger partial charge in [-0.2, -0.15) is 10.4 Å². The van der Waals surface area contributed by atoms with Crippen molar-refractivity contribution in [2.75, 3.05) is 6.61 Å². The van der Waals surface area contributed by atoms with Crippen LogP contribution < -0.4 is 15.6 Å². The van der Waals surface area contributed by atoms with E-state index in [0.717, 1.165) is 16.5 Å². The number of benzene rings is 2. The number of nitriles is 1. The average molecular weight is 469 g/mol. The molecule has 0 fully saturated rings. The summed E-state index contributed by atoms with van der Waals surface area (Å²) in [5, 5.41) is 14.0. The Bertz CT molecular complexity index is 1420. The van der Waals surface area contributed by atoms with Gasteiger partial charge < -0.3 is 4.74 Å². The Hall–Kier alpha value is -4.71. The molecule has 4 aromatic rings. The lowest BCUT2D eigenvalue weighted by Gasteiger charge is -2.11. The number of ether oxygens (including phenoxy) is 1. The second-order valence-corrected chi connectivity index (χ2v) is 8.22. The molecule has 2 N–H and O–H groups in total. The first-order valence-corrected chi connectivity index (χ1v) is 11.0. The molecule has 0 atom stereocenters. The van der Waals surface area contributed by atoms with Gasteiger partial charge in [0.1, 0.15) is 5.75 Å². The Morgan fingerprint density at radius 1 is 1.06 bits per heavy atom. The van der Waals surface area contributed by atoms with E-state index in [2.05, 4.69) is 27.0 Å². The molecule has 0 aliphatic heterocycles. The fourth-order valence-corrected chi connectivity index (χ4v) is 3.53. The van der Waals surface area contributed by atoms with E-state index in [1.807, 2.05) is 38.1 Å². The molecule has 0 aliphatic carbocycles. The summed E-state index contributed by atoms with van der Waals surface area (Å²) in [7, 11) is 0. The molecule has 0 aliphatic rings. The number of hydrogen-bond donors (Lipinski definition) is 2. The van der Waals surface area contributed by atoms with Crippen LogP contribution in [0.2, 0.25) is 0 Å². The maximum atomic E-state index is 12.6. The van der Waals surface area contributed by atoms with Crippen LogP contribution in [0, 0.1) is 18.3 Å². The second kappa shape index (κ2) is 10.1. The third-order valence-corrected chi connectivity index (χ3v) is 5.38. The maximum Gasteiger partial charge on any atom is 0.276 e. The molecule has 2 aromatic heterocycles. The number of amides is 2. The average Bonchev–Trinajstić information content (AvgIpc) is 3.29. The molecule has 2 aromatic carbocycles. The maximum absolute atomic E-state index is 12.6. The minimum atomic E-state index is -0.506. The normalized spacial score (nSPS) is 10.7. The van der Waals surface area contributed by atoms with Crippen LogP contribution in [0.5, 0.6) is 5.75 Å². The molecule has 9 nitrogen and oxygen atoms in total. The Morgan fingerprint density at radius 2 is 1.71 bits per heavy atom. The Labute approximate surface area is 202 Å². The number of nitrogens with one attached hydrogen (secondary N) is 2. The molecule has 2 amide bonds. The molecule has 176 valence electrons. The van der Waals surface area contributed by atoms with Crippen LogP contribution in [0.3, 0.4) is 0 Å². The minimum absolute atomic E-state index is 0.144. The predicted octanol–water partition coefficient (Wildman–Crippen LogP) is 3.70. The molecule has 2 heterocycles. The molecular formula is C26H24N6O3. The second-order valence-electron chi connectivity index (χ2n) is 8.22. The van der Waals surface area contributed by atoms with Crippen LogP contribution in [0.25, 0.3) is 22.2 Å². The lowest BCUT2D eigenvalue weighted by molar-refractivity contribution is -0.123. The van der Waals surface area contributed by atoms with Crippen molar-refractivity contribution < 1.29 is 14.3 Å². The molecule has 0 saturated carbocycles. The van der Waals surface area contributed by atoms with Crippen LogP contribution >= 0.6 is 0 Å². The molecule has 9 heteroatoms. The van der Waals surface area contributed by atoms with E-state index < -0.39 is 11.8 Å². The van der Waals surface area contributed by atoms with Gasteiger partial charge in [0.2, 0.25) is 0 Å². The first kappa shape index (κ1) is 23.4. The summed E-state index contributed by atoms with van der Waals surface area (Å²) in [6.07, 6.45) is 1.66. The standard InChI is InChI=1S/C26H24N6O3/c1-16(2)32-25-21(14-28-32)12-23(17(3)29-25)26(34)31-30-24(33)15-35-22-10-8-20(9-11-22)19-6-4-18(13-27)5-7-19/h4-12,14,16H,15H2,1-3H3,(H,30,33)(H,31,34). The van der Waals surface area contributed by atoms with Crippen molar-refractivity contribution in [3.63, 3.8) is 0 Å². The van der Waals surface area contributed by atoms with Gasteiger partial charge in [-0.05, 0) is 62.2 Å². The third kappa shape index (κ3) is 5.28. The van der Waals surface area contributed by atoms with E-state index in [1.54, 1.807) is 48.1 Å². The highest BCUT2D eigenvalue weighted by Crippen LogP contribution is 2.23. The molecule has 4 rings (SSSR count). The van der Waals surface area contributed by atoms with Gasteiger partial charge in [0.05, 0.1) is 29.1 Å². The lowest BCUT2D eigenvalue weighted by Crippen LogP contribution is -2.44. The van der Waals surface area contributed by atoms with Gasteiger partial charge in [0.25, 0.3) is 11.8 Å². The van der Waals surface area contributed by atoms with Crippen molar-refractivity contribution in [2.24, 2.45) is 0 Å². The van der Waals surface area contributed by atoms with Crippen molar-refractivity contribution in [1.82, 2.24) is 25.6 Å². The highest BCUT2D eigenvalue weighted by Gasteiger charge is 2.16. The largest absolute Gasteiger partial charge is 0.484 e. The van der Waals surface area contributed by atoms with Crippen LogP contribution in [-0.4, -0.2) is 33.2 Å². The topological polar surface area (TPSA) is 122 Å². The summed E-state index contributed by atoms with van der Waals surface area (Å²) in [5.74, 6) is -0.473. The van der Waals surface area contributed by atoms with Gasteiger partial charge in [-0.3, -0.25) is 20.4 Å². The Balaban J connectivity index is 1.31. The van der Waals surface area contributed by atoms with E-state index in [9.17, 15) is 9.59 Å². The Kier molecular flexibility index (Phi) is 6.73. The van der Waals surface area contributed by atoms with Crippen molar-refractivity contribution in [2.45, 2.75) is 26.8 Å². The predicted molar refractivity (Wildman–Crippen MR) is 130 cm³/mol. The van der Waals surface area contributed by atoms with E-state index >= 15 is 0 Å². The number of hydrazine groups is 1. The van der Waals surface area contributed by atoms with Crippen molar-refractivity contribution in [3.05, 3.63) is 77.6 Å². The summed E-state index contributed by atoms with van der Waals surface area (Å²) >= 11 is 0. The zero-order valence-corrected chi connectivity index (χ0v) is 19.6. The fourth-order valence-electron chi connectivity index (χ4n) is 3.53. The molecule has 35 heavy (non-hydrogen) atoms. The van der Waals surface area contributed by atoms with Gasteiger partial charge in [-0.1, -0.05) is 24.3 Å². The number of carbonyl (C=O) groups is 2. The number of carbonyl (C=O) groups excluding carboxylic acids is 2. The summed E-state index contributed by atoms with van der Waals surface area (Å²) in [6.45, 7) is 5.48. The highest BCUT2D eigenvalue weighted by molar-refractivity contribution is 5.99. The van der Waals surface area contributed by atoms with Crippen molar-refractivity contribution in [3.8, 4) is 22.9 Å². The van der Waals surface area contributed by atoms with E-state index in [1.165, 1.54) is 0 Å². The molecular weight excluding hydrogens is 444 g/mol. The SMILES string of the molecule is Cc1nc2c(cnn2C(C)C)cc1C(=O)NNC(=O)COc1ccc(-c2ccc(C#N)cc2)cc1. The van der Waals surface area contributed by atoms with Crippen LogP contribution in [0.15, 0.2) is 60.8 Å². The fraction of sp³-hybridized carbons (Fsp3) is 0.192. The number of hydrogen-bond acceptors (Lipinski definition) is 6. The summed E-state index contributed by atoms with van der Waals surface area (Å²) < 4.78 is 7.30. The van der Waals surface area contributed by atoms with E-state index in [0.29, 0.717) is 28.2 Å². The van der Waals surface area contributed by atoms with Gasteiger partial charge in [-0.25, -0.2) is 9.67 Å². The quantitative estimate of drug-likeness (QED) is 0.416. The van der Waals surface area contributed by atoms with Gasteiger partial charge in [-0.15, -0.1) is 0 Å². The number of aromatic nitrogens is 3. The molecule has 0 unspecified atom stereocenters. The number of rotatable bonds is 6.